The molecule has 4 atom stereocenters. The summed E-state index contributed by atoms with van der Waals surface area (Å²) in [7, 11) is -3.78. The van der Waals surface area contributed by atoms with E-state index in [4.69, 9.17) is 4.52 Å². The lowest BCUT2D eigenvalue weighted by molar-refractivity contribution is -0.135. The van der Waals surface area contributed by atoms with Gasteiger partial charge in [-0.25, -0.2) is 0 Å². The van der Waals surface area contributed by atoms with Gasteiger partial charge < -0.3 is 15.2 Å². The number of aromatic nitrogens is 1. The smallest absolute Gasteiger partial charge is 0.360 e. The van der Waals surface area contributed by atoms with Crippen molar-refractivity contribution < 1.29 is 30.9 Å². The van der Waals surface area contributed by atoms with Gasteiger partial charge in [-0.3, -0.25) is 4.79 Å². The third-order valence-corrected chi connectivity index (χ3v) is 9.80. The van der Waals surface area contributed by atoms with Crippen molar-refractivity contribution in [3.63, 3.8) is 0 Å². The van der Waals surface area contributed by atoms with Gasteiger partial charge >= 0.3 is 6.18 Å². The number of nitrogens with zero attached hydrogens (tertiary/aromatic N) is 3. The highest BCUT2D eigenvalue weighted by molar-refractivity contribution is 7.86. The Balaban J connectivity index is 1.17. The molecule has 37 heavy (non-hydrogen) atoms. The summed E-state index contributed by atoms with van der Waals surface area (Å²) in [5.74, 6) is 0.807. The van der Waals surface area contributed by atoms with E-state index in [0.29, 0.717) is 25.2 Å². The number of halogens is 3. The maximum atomic E-state index is 13.7. The number of alkyl halides is 3. The molecule has 1 aromatic heterocycles. The molecule has 2 saturated heterocycles. The zero-order chi connectivity index (χ0) is 26.2. The van der Waals surface area contributed by atoms with Crippen molar-refractivity contribution in [1.82, 2.24) is 24.4 Å². The number of piperidine rings is 1. The first-order valence-electron chi connectivity index (χ1n) is 13.1. The summed E-state index contributed by atoms with van der Waals surface area (Å²) in [6, 6.07) is 0.878. The van der Waals surface area contributed by atoms with Gasteiger partial charge in [0, 0.05) is 55.7 Å². The number of hydrogen-bond donors (Lipinski definition) is 2. The fourth-order valence-electron chi connectivity index (χ4n) is 5.76. The molecule has 206 valence electrons. The standard InChI is InChI=1S/C24H34F3N5O4S/c25-24(26,27)9-3-10-28-17-4-1-2-11-31(15-17)37(34,35)32-19-7-8-20(32)13-18(12-19)29-23(33)21-14-22(36-30-21)16-5-6-16/h1-2,14,16-20,28H,3-13,15H2,(H,29,33)/t17?,18?,19-,20+. The van der Waals surface area contributed by atoms with Crippen LogP contribution in [0.1, 0.15) is 80.0 Å². The number of amides is 1. The Kier molecular flexibility index (Phi) is 7.68. The van der Waals surface area contributed by atoms with Gasteiger partial charge in [0.25, 0.3) is 16.1 Å². The highest BCUT2D eigenvalue weighted by atomic mass is 32.2. The van der Waals surface area contributed by atoms with Crippen LogP contribution in [0.2, 0.25) is 0 Å². The van der Waals surface area contributed by atoms with Crippen LogP contribution in [0, 0.1) is 0 Å². The Hall–Kier alpha value is -1.96. The zero-order valence-electron chi connectivity index (χ0n) is 20.6. The van der Waals surface area contributed by atoms with E-state index in [-0.39, 0.29) is 61.8 Å². The third-order valence-electron chi connectivity index (χ3n) is 7.73. The van der Waals surface area contributed by atoms with Gasteiger partial charge in [-0.15, -0.1) is 0 Å². The molecular weight excluding hydrogens is 511 g/mol. The number of fused-ring (bicyclic) bond motifs is 2. The van der Waals surface area contributed by atoms with Gasteiger partial charge in [0.05, 0.1) is 0 Å². The van der Waals surface area contributed by atoms with E-state index in [2.05, 4.69) is 15.8 Å². The van der Waals surface area contributed by atoms with Crippen molar-refractivity contribution in [2.45, 2.75) is 94.0 Å². The summed E-state index contributed by atoms with van der Waals surface area (Å²) >= 11 is 0. The van der Waals surface area contributed by atoms with E-state index < -0.39 is 22.8 Å². The molecule has 5 rings (SSSR count). The molecule has 3 aliphatic heterocycles. The zero-order valence-corrected chi connectivity index (χ0v) is 21.4. The van der Waals surface area contributed by atoms with Crippen LogP contribution in [0.4, 0.5) is 13.2 Å². The van der Waals surface area contributed by atoms with Crippen LogP contribution in [-0.2, 0) is 10.2 Å². The molecule has 13 heteroatoms. The highest BCUT2D eigenvalue weighted by Crippen LogP contribution is 2.41. The number of rotatable bonds is 9. The van der Waals surface area contributed by atoms with E-state index in [0.717, 1.165) is 31.4 Å². The van der Waals surface area contributed by atoms with Crippen LogP contribution in [0.15, 0.2) is 22.7 Å². The molecule has 9 nitrogen and oxygen atoms in total. The Bertz CT molecular complexity index is 1090. The second-order valence-corrected chi connectivity index (χ2v) is 12.5. The van der Waals surface area contributed by atoms with Crippen molar-refractivity contribution in [1.29, 1.82) is 0 Å². The molecule has 0 radical (unpaired) electrons. The van der Waals surface area contributed by atoms with E-state index in [1.165, 1.54) is 4.31 Å². The summed E-state index contributed by atoms with van der Waals surface area (Å²) in [6.45, 7) is 0.609. The minimum atomic E-state index is -4.19. The number of hydrogen-bond acceptors (Lipinski definition) is 6. The van der Waals surface area contributed by atoms with Crippen molar-refractivity contribution in [2.75, 3.05) is 19.6 Å². The molecule has 0 aromatic carbocycles. The van der Waals surface area contributed by atoms with Crippen LogP contribution in [0.5, 0.6) is 0 Å². The number of nitrogens with one attached hydrogen (secondary N) is 2. The van der Waals surface area contributed by atoms with E-state index in [9.17, 15) is 26.4 Å². The lowest BCUT2D eigenvalue weighted by atomic mass is 9.99. The van der Waals surface area contributed by atoms with Gasteiger partial charge in [0.2, 0.25) is 0 Å². The van der Waals surface area contributed by atoms with Gasteiger partial charge in [-0.2, -0.15) is 30.2 Å². The van der Waals surface area contributed by atoms with Crippen LogP contribution >= 0.6 is 0 Å². The largest absolute Gasteiger partial charge is 0.389 e. The Labute approximate surface area is 215 Å². The Morgan fingerprint density at radius 3 is 2.51 bits per heavy atom. The lowest BCUT2D eigenvalue weighted by Gasteiger charge is -2.40. The fraction of sp³-hybridized carbons (Fsp3) is 0.750. The van der Waals surface area contributed by atoms with E-state index >= 15 is 0 Å². The maximum absolute atomic E-state index is 13.7. The Morgan fingerprint density at radius 1 is 1.11 bits per heavy atom. The molecule has 0 spiro atoms. The van der Waals surface area contributed by atoms with Crippen LogP contribution in [-0.4, -0.2) is 78.1 Å². The molecule has 1 aliphatic carbocycles. The molecule has 2 N–H and O–H groups in total. The number of carbonyl (C=O) groups is 1. The molecule has 2 unspecified atom stereocenters. The first-order valence-corrected chi connectivity index (χ1v) is 14.5. The van der Waals surface area contributed by atoms with Crippen molar-refractivity contribution in [3.05, 3.63) is 29.7 Å². The predicted molar refractivity (Wildman–Crippen MR) is 129 cm³/mol. The summed E-state index contributed by atoms with van der Waals surface area (Å²) < 4.78 is 73.1. The summed E-state index contributed by atoms with van der Waals surface area (Å²) in [5.41, 5.74) is 0.259. The highest BCUT2D eigenvalue weighted by Gasteiger charge is 2.49. The Morgan fingerprint density at radius 2 is 1.84 bits per heavy atom. The molecular formula is C24H34F3N5O4S. The van der Waals surface area contributed by atoms with Crippen molar-refractivity contribution in [2.24, 2.45) is 0 Å². The average molecular weight is 546 g/mol. The number of carbonyl (C=O) groups excluding carboxylic acids is 1. The molecule has 4 aliphatic rings. The van der Waals surface area contributed by atoms with Gasteiger partial charge in [-0.05, 0) is 57.9 Å². The fourth-order valence-corrected chi connectivity index (χ4v) is 7.80. The monoisotopic (exact) mass is 545 g/mol. The quantitative estimate of drug-likeness (QED) is 0.365. The van der Waals surface area contributed by atoms with Gasteiger partial charge in [-0.1, -0.05) is 17.3 Å². The van der Waals surface area contributed by atoms with Crippen LogP contribution < -0.4 is 10.6 Å². The second-order valence-electron chi connectivity index (χ2n) is 10.6. The van der Waals surface area contributed by atoms with E-state index in [1.54, 1.807) is 16.4 Å². The third kappa shape index (κ3) is 6.37. The molecule has 1 amide bonds. The predicted octanol–water partition coefficient (Wildman–Crippen LogP) is 3.08. The maximum Gasteiger partial charge on any atom is 0.389 e. The molecule has 2 bridgehead atoms. The summed E-state index contributed by atoms with van der Waals surface area (Å²) in [6.07, 6.45) is 3.75. The molecule has 1 saturated carbocycles. The molecule has 1 aromatic rings. The van der Waals surface area contributed by atoms with Gasteiger partial charge in [0.1, 0.15) is 5.76 Å². The first kappa shape index (κ1) is 26.6. The molecule has 4 heterocycles. The first-order chi connectivity index (χ1) is 17.6. The lowest BCUT2D eigenvalue weighted by Crippen LogP contribution is -2.57. The minimum Gasteiger partial charge on any atom is -0.360 e. The van der Waals surface area contributed by atoms with Crippen molar-refractivity contribution >= 4 is 16.1 Å². The summed E-state index contributed by atoms with van der Waals surface area (Å²) in [4.78, 5) is 12.7. The van der Waals surface area contributed by atoms with Crippen molar-refractivity contribution in [3.8, 4) is 0 Å². The second kappa shape index (κ2) is 10.7. The SMILES string of the molecule is O=C(NC1C[C@H]2CC[C@@H](C1)N2S(=O)(=O)N1CC=CCC(NCCCC(F)(F)F)C1)c1cc(C2CC2)on1. The van der Waals surface area contributed by atoms with Crippen LogP contribution in [0.3, 0.4) is 0 Å². The van der Waals surface area contributed by atoms with E-state index in [1.807, 2.05) is 6.08 Å². The van der Waals surface area contributed by atoms with Crippen LogP contribution in [0.25, 0.3) is 0 Å². The van der Waals surface area contributed by atoms with Gasteiger partial charge in [0.15, 0.2) is 5.69 Å². The average Bonchev–Trinajstić information content (AvgIpc) is 3.55. The topological polar surface area (TPSA) is 108 Å². The normalized spacial score (nSPS) is 29.4. The minimum absolute atomic E-state index is 0.0456. The molecule has 3 fully saturated rings. The summed E-state index contributed by atoms with van der Waals surface area (Å²) in [5, 5.41) is 10.0.